The molecule has 5 heteroatoms. The summed E-state index contributed by atoms with van der Waals surface area (Å²) >= 11 is 5.99. The second-order valence-electron chi connectivity index (χ2n) is 4.78. The lowest BCUT2D eigenvalue weighted by atomic mass is 10.1. The van der Waals surface area contributed by atoms with Crippen LogP contribution in [0.3, 0.4) is 0 Å². The first kappa shape index (κ1) is 13.6. The highest BCUT2D eigenvalue weighted by Crippen LogP contribution is 2.35. The number of hydrogen-bond donors (Lipinski definition) is 1. The van der Waals surface area contributed by atoms with Crippen molar-refractivity contribution in [2.45, 2.75) is 13.0 Å². The molecule has 0 fully saturated rings. The molecule has 4 nitrogen and oxygen atoms in total. The van der Waals surface area contributed by atoms with E-state index in [-0.39, 0.29) is 12.8 Å². The molecule has 2 aromatic carbocycles. The van der Waals surface area contributed by atoms with E-state index >= 15 is 0 Å². The highest BCUT2D eigenvalue weighted by molar-refractivity contribution is 6.30. The summed E-state index contributed by atoms with van der Waals surface area (Å²) in [6, 6.07) is 13.1. The number of benzene rings is 2. The molecule has 1 atom stereocenters. The number of anilines is 1. The van der Waals surface area contributed by atoms with Crippen molar-refractivity contribution in [2.24, 2.45) is 0 Å². The fourth-order valence-corrected chi connectivity index (χ4v) is 2.40. The Labute approximate surface area is 127 Å². The van der Waals surface area contributed by atoms with Gasteiger partial charge < -0.3 is 14.8 Å². The van der Waals surface area contributed by atoms with Crippen LogP contribution < -0.4 is 14.8 Å². The molecule has 21 heavy (non-hydrogen) atoms. The van der Waals surface area contributed by atoms with Crippen LogP contribution in [-0.2, 0) is 0 Å². The predicted molar refractivity (Wildman–Crippen MR) is 80.8 cm³/mol. The summed E-state index contributed by atoms with van der Waals surface area (Å²) in [6.45, 7) is 2.27. The third-order valence-electron chi connectivity index (χ3n) is 3.37. The lowest BCUT2D eigenvalue weighted by molar-refractivity contribution is 0.174. The Morgan fingerprint density at radius 2 is 2.00 bits per heavy atom. The average molecular weight is 301 g/mol. The van der Waals surface area contributed by atoms with Crippen LogP contribution in [0.25, 0.3) is 0 Å². The Balaban J connectivity index is 1.85. The van der Waals surface area contributed by atoms with Crippen LogP contribution in [0.4, 0.5) is 5.69 Å². The smallest absolute Gasteiger partial charge is 0.231 e. The Kier molecular flexibility index (Phi) is 3.59. The van der Waals surface area contributed by atoms with Gasteiger partial charge in [-0.3, -0.25) is 0 Å². The van der Waals surface area contributed by atoms with Crippen molar-refractivity contribution in [2.75, 3.05) is 12.1 Å². The van der Waals surface area contributed by atoms with Gasteiger partial charge in [0.2, 0.25) is 6.79 Å². The van der Waals surface area contributed by atoms with Crippen LogP contribution in [0.15, 0.2) is 36.4 Å². The molecule has 0 aliphatic carbocycles. The van der Waals surface area contributed by atoms with Gasteiger partial charge in [-0.2, -0.15) is 5.26 Å². The van der Waals surface area contributed by atoms with Crippen molar-refractivity contribution in [3.8, 4) is 17.6 Å². The van der Waals surface area contributed by atoms with Crippen molar-refractivity contribution in [1.82, 2.24) is 0 Å². The first-order valence-electron chi connectivity index (χ1n) is 6.53. The van der Waals surface area contributed by atoms with Crippen LogP contribution in [0.2, 0.25) is 5.02 Å². The van der Waals surface area contributed by atoms with Crippen molar-refractivity contribution in [3.05, 3.63) is 52.5 Å². The van der Waals surface area contributed by atoms with Gasteiger partial charge in [0, 0.05) is 11.1 Å². The second kappa shape index (κ2) is 5.55. The zero-order chi connectivity index (χ0) is 14.8. The van der Waals surface area contributed by atoms with E-state index in [1.165, 1.54) is 0 Å². The van der Waals surface area contributed by atoms with E-state index in [1.54, 1.807) is 18.2 Å². The largest absolute Gasteiger partial charge is 0.454 e. The van der Waals surface area contributed by atoms with E-state index in [0.717, 1.165) is 22.7 Å². The Morgan fingerprint density at radius 1 is 1.19 bits per heavy atom. The normalized spacial score (nSPS) is 13.6. The number of nitrogens with one attached hydrogen (secondary N) is 1. The van der Waals surface area contributed by atoms with E-state index in [0.29, 0.717) is 10.6 Å². The summed E-state index contributed by atoms with van der Waals surface area (Å²) in [4.78, 5) is 0. The molecule has 1 N–H and O–H groups in total. The Hall–Kier alpha value is -2.38. The summed E-state index contributed by atoms with van der Waals surface area (Å²) in [6.07, 6.45) is 0. The monoisotopic (exact) mass is 300 g/mol. The van der Waals surface area contributed by atoms with Gasteiger partial charge in [0.1, 0.15) is 6.07 Å². The fourth-order valence-electron chi connectivity index (χ4n) is 2.23. The van der Waals surface area contributed by atoms with E-state index in [4.69, 9.17) is 26.3 Å². The minimum absolute atomic E-state index is 0.00469. The number of ether oxygens (including phenoxy) is 2. The van der Waals surface area contributed by atoms with Crippen LogP contribution in [-0.4, -0.2) is 6.79 Å². The molecular weight excluding hydrogens is 288 g/mol. The highest BCUT2D eigenvalue weighted by atomic mass is 35.5. The van der Waals surface area contributed by atoms with Gasteiger partial charge in [0.15, 0.2) is 11.5 Å². The van der Waals surface area contributed by atoms with Crippen molar-refractivity contribution < 1.29 is 9.47 Å². The Morgan fingerprint density at radius 3 is 2.81 bits per heavy atom. The van der Waals surface area contributed by atoms with Gasteiger partial charge in [-0.05, 0) is 42.8 Å². The Bertz CT molecular complexity index is 725. The molecule has 0 spiro atoms. The summed E-state index contributed by atoms with van der Waals surface area (Å²) in [5.41, 5.74) is 2.32. The fraction of sp³-hybridized carbons (Fsp3) is 0.188. The zero-order valence-corrected chi connectivity index (χ0v) is 12.1. The zero-order valence-electron chi connectivity index (χ0n) is 11.4. The van der Waals surface area contributed by atoms with Crippen molar-refractivity contribution in [1.29, 1.82) is 5.26 Å². The van der Waals surface area contributed by atoms with Crippen LogP contribution in [0.1, 0.15) is 24.1 Å². The van der Waals surface area contributed by atoms with E-state index in [1.807, 2.05) is 25.1 Å². The molecule has 106 valence electrons. The highest BCUT2D eigenvalue weighted by Gasteiger charge is 2.16. The minimum atomic E-state index is 0.00469. The molecule has 3 rings (SSSR count). The number of rotatable bonds is 3. The van der Waals surface area contributed by atoms with Gasteiger partial charge in [-0.25, -0.2) is 0 Å². The van der Waals surface area contributed by atoms with E-state index < -0.39 is 0 Å². The molecule has 0 amide bonds. The first-order chi connectivity index (χ1) is 10.2. The van der Waals surface area contributed by atoms with Gasteiger partial charge in [-0.1, -0.05) is 17.7 Å². The second-order valence-corrected chi connectivity index (χ2v) is 5.22. The molecule has 0 saturated carbocycles. The molecular formula is C16H13ClN2O2. The predicted octanol–water partition coefficient (Wildman–Crippen LogP) is 4.11. The third-order valence-corrected chi connectivity index (χ3v) is 3.61. The van der Waals surface area contributed by atoms with Gasteiger partial charge >= 0.3 is 0 Å². The lowest BCUT2D eigenvalue weighted by Crippen LogP contribution is -2.07. The molecule has 0 bridgehead atoms. The molecule has 0 saturated heterocycles. The van der Waals surface area contributed by atoms with Gasteiger partial charge in [-0.15, -0.1) is 0 Å². The van der Waals surface area contributed by atoms with Crippen LogP contribution in [0, 0.1) is 11.3 Å². The molecule has 0 radical (unpaired) electrons. The number of nitriles is 1. The summed E-state index contributed by atoms with van der Waals surface area (Å²) in [7, 11) is 0. The summed E-state index contributed by atoms with van der Waals surface area (Å²) < 4.78 is 10.7. The third kappa shape index (κ3) is 2.74. The maximum atomic E-state index is 9.15. The molecule has 1 aliphatic heterocycles. The van der Waals surface area contributed by atoms with Gasteiger partial charge in [0.05, 0.1) is 11.3 Å². The number of halogens is 1. The van der Waals surface area contributed by atoms with Crippen LogP contribution in [0.5, 0.6) is 11.5 Å². The average Bonchev–Trinajstić information content (AvgIpc) is 2.94. The van der Waals surface area contributed by atoms with Crippen molar-refractivity contribution in [3.63, 3.8) is 0 Å². The number of nitrogens with zero attached hydrogens (tertiary/aromatic N) is 1. The molecule has 0 aromatic heterocycles. The van der Waals surface area contributed by atoms with E-state index in [9.17, 15) is 0 Å². The maximum absolute atomic E-state index is 9.15. The quantitative estimate of drug-likeness (QED) is 0.926. The first-order valence-corrected chi connectivity index (χ1v) is 6.91. The molecule has 1 heterocycles. The van der Waals surface area contributed by atoms with Gasteiger partial charge in [0.25, 0.3) is 0 Å². The summed E-state index contributed by atoms with van der Waals surface area (Å²) in [5.74, 6) is 1.50. The maximum Gasteiger partial charge on any atom is 0.231 e. The molecule has 2 aromatic rings. The minimum Gasteiger partial charge on any atom is -0.454 e. The van der Waals surface area contributed by atoms with Crippen molar-refractivity contribution >= 4 is 17.3 Å². The number of fused-ring (bicyclic) bond motifs is 1. The molecule has 1 aliphatic rings. The van der Waals surface area contributed by atoms with Crippen LogP contribution >= 0.6 is 11.6 Å². The number of hydrogen-bond acceptors (Lipinski definition) is 4. The topological polar surface area (TPSA) is 54.3 Å². The molecule has 1 unspecified atom stereocenters. The standard InChI is InChI=1S/C16H13ClN2O2/c1-10(11-3-5-15-16(6-11)21-9-20-15)19-14-7-13(17)4-2-12(14)8-18/h2-7,10,19H,9H2,1H3. The summed E-state index contributed by atoms with van der Waals surface area (Å²) in [5, 5.41) is 13.0. The SMILES string of the molecule is CC(Nc1cc(Cl)ccc1C#N)c1ccc2c(c1)OCO2. The lowest BCUT2D eigenvalue weighted by Gasteiger charge is -2.17. The van der Waals surface area contributed by atoms with E-state index in [2.05, 4.69) is 11.4 Å².